The van der Waals surface area contributed by atoms with E-state index in [9.17, 15) is 8.42 Å². The molecule has 0 amide bonds. The summed E-state index contributed by atoms with van der Waals surface area (Å²) in [4.78, 5) is 7.09. The predicted molar refractivity (Wildman–Crippen MR) is 89.9 cm³/mol. The molecule has 0 N–H and O–H groups in total. The highest BCUT2D eigenvalue weighted by molar-refractivity contribution is 7.89. The highest BCUT2D eigenvalue weighted by atomic mass is 32.2. The van der Waals surface area contributed by atoms with Gasteiger partial charge in [0.15, 0.2) is 0 Å². The first-order chi connectivity index (χ1) is 11.4. The van der Waals surface area contributed by atoms with Crippen LogP contribution in [0.4, 0.5) is 0 Å². The van der Waals surface area contributed by atoms with Gasteiger partial charge in [-0.05, 0) is 35.9 Å². The van der Waals surface area contributed by atoms with E-state index in [4.69, 9.17) is 4.84 Å². The molecule has 0 spiro atoms. The lowest BCUT2D eigenvalue weighted by molar-refractivity contribution is 0.0751. The highest BCUT2D eigenvalue weighted by Gasteiger charge is 2.19. The zero-order valence-electron chi connectivity index (χ0n) is 13.7. The largest absolute Gasteiger partial charge is 0.390 e. The average Bonchev–Trinajstić information content (AvgIpc) is 2.95. The zero-order valence-corrected chi connectivity index (χ0v) is 14.5. The van der Waals surface area contributed by atoms with Gasteiger partial charge < -0.3 is 4.84 Å². The molecular formula is C16H18N4O3S. The van der Waals surface area contributed by atoms with Gasteiger partial charge in [-0.2, -0.15) is 0 Å². The molecule has 0 fully saturated rings. The van der Waals surface area contributed by atoms with Crippen LogP contribution in [0.25, 0.3) is 11.0 Å². The minimum absolute atomic E-state index is 0.169. The summed E-state index contributed by atoms with van der Waals surface area (Å²) in [6.07, 6.45) is 0. The van der Waals surface area contributed by atoms with Crippen LogP contribution in [0, 0.1) is 6.92 Å². The molecule has 24 heavy (non-hydrogen) atoms. The molecule has 0 aliphatic heterocycles. The van der Waals surface area contributed by atoms with Crippen molar-refractivity contribution in [2.75, 3.05) is 14.1 Å². The minimum Gasteiger partial charge on any atom is -0.390 e. The molecule has 0 radical (unpaired) electrons. The Morgan fingerprint density at radius 3 is 2.67 bits per heavy atom. The Labute approximate surface area is 140 Å². The van der Waals surface area contributed by atoms with Crippen LogP contribution in [0.1, 0.15) is 11.1 Å². The van der Waals surface area contributed by atoms with E-state index in [-0.39, 0.29) is 4.90 Å². The first kappa shape index (κ1) is 16.4. The molecule has 3 rings (SSSR count). The van der Waals surface area contributed by atoms with E-state index in [2.05, 4.69) is 10.3 Å². The summed E-state index contributed by atoms with van der Waals surface area (Å²) >= 11 is 0. The second-order valence-electron chi connectivity index (χ2n) is 5.66. The van der Waals surface area contributed by atoms with Crippen molar-refractivity contribution >= 4 is 21.1 Å². The van der Waals surface area contributed by atoms with Crippen molar-refractivity contribution in [2.45, 2.75) is 18.4 Å². The molecule has 1 heterocycles. The maximum absolute atomic E-state index is 12.3. The Kier molecular flexibility index (Phi) is 4.25. The zero-order chi connectivity index (χ0) is 17.3. The summed E-state index contributed by atoms with van der Waals surface area (Å²) in [6, 6.07) is 12.6. The van der Waals surface area contributed by atoms with Crippen molar-refractivity contribution in [1.29, 1.82) is 0 Å². The highest BCUT2D eigenvalue weighted by Crippen LogP contribution is 2.19. The Balaban J connectivity index is 1.92. The van der Waals surface area contributed by atoms with Gasteiger partial charge >= 0.3 is 0 Å². The normalized spacial score (nSPS) is 12.0. The van der Waals surface area contributed by atoms with Gasteiger partial charge in [-0.1, -0.05) is 34.7 Å². The van der Waals surface area contributed by atoms with Crippen LogP contribution in [0.5, 0.6) is 0 Å². The molecule has 0 bridgehead atoms. The lowest BCUT2D eigenvalue weighted by atomic mass is 10.1. The quantitative estimate of drug-likeness (QED) is 0.701. The van der Waals surface area contributed by atoms with Crippen LogP contribution in [0.2, 0.25) is 0 Å². The molecule has 0 saturated heterocycles. The molecule has 1 aromatic heterocycles. The Morgan fingerprint density at radius 1 is 1.17 bits per heavy atom. The molecule has 0 aliphatic rings. The maximum Gasteiger partial charge on any atom is 0.242 e. The van der Waals surface area contributed by atoms with Crippen LogP contribution in [0.15, 0.2) is 47.4 Å². The lowest BCUT2D eigenvalue weighted by Crippen LogP contribution is -2.22. The third kappa shape index (κ3) is 3.10. The van der Waals surface area contributed by atoms with Crippen molar-refractivity contribution in [3.8, 4) is 0 Å². The molecule has 0 aliphatic carbocycles. The summed E-state index contributed by atoms with van der Waals surface area (Å²) in [5.74, 6) is 0. The number of aryl methyl sites for hydroxylation is 1. The second kappa shape index (κ2) is 6.21. The summed E-state index contributed by atoms with van der Waals surface area (Å²) in [5.41, 5.74) is 3.21. The topological polar surface area (TPSA) is 77.3 Å². The standard InChI is InChI=1S/C16H18N4O3S/c1-12-5-4-6-13(9-12)11-23-20-16-10-14(24(21,22)19(2)3)7-8-15(16)17-18-20/h4-10H,11H2,1-3H3. The van der Waals surface area contributed by atoms with Crippen molar-refractivity contribution in [3.63, 3.8) is 0 Å². The number of aromatic nitrogens is 3. The van der Waals surface area contributed by atoms with Crippen molar-refractivity contribution < 1.29 is 13.3 Å². The van der Waals surface area contributed by atoms with Crippen LogP contribution in [0.3, 0.4) is 0 Å². The molecule has 3 aromatic rings. The second-order valence-corrected chi connectivity index (χ2v) is 7.81. The number of benzene rings is 2. The van der Waals surface area contributed by atoms with Crippen molar-refractivity contribution in [2.24, 2.45) is 0 Å². The predicted octanol–water partition coefficient (Wildman–Crippen LogP) is 1.62. The average molecular weight is 346 g/mol. The van der Waals surface area contributed by atoms with Gasteiger partial charge in [0.1, 0.15) is 17.6 Å². The van der Waals surface area contributed by atoms with Crippen LogP contribution >= 0.6 is 0 Å². The SMILES string of the molecule is Cc1cccc(COn2nnc3ccc(S(=O)(=O)N(C)C)cc32)c1. The maximum atomic E-state index is 12.3. The van der Waals surface area contributed by atoms with Gasteiger partial charge in [0, 0.05) is 14.1 Å². The van der Waals surface area contributed by atoms with E-state index in [0.29, 0.717) is 17.6 Å². The molecule has 0 unspecified atom stereocenters. The molecule has 0 saturated carbocycles. The third-order valence-electron chi connectivity index (χ3n) is 3.60. The summed E-state index contributed by atoms with van der Waals surface area (Å²) < 4.78 is 25.7. The van der Waals surface area contributed by atoms with E-state index < -0.39 is 10.0 Å². The number of fused-ring (bicyclic) bond motifs is 1. The van der Waals surface area contributed by atoms with Gasteiger partial charge in [-0.15, -0.1) is 5.10 Å². The van der Waals surface area contributed by atoms with E-state index in [1.165, 1.54) is 31.1 Å². The fourth-order valence-corrected chi connectivity index (χ4v) is 3.20. The van der Waals surface area contributed by atoms with E-state index in [1.54, 1.807) is 6.07 Å². The smallest absolute Gasteiger partial charge is 0.242 e. The summed E-state index contributed by atoms with van der Waals surface area (Å²) in [7, 11) is -0.548. The number of nitrogens with zero attached hydrogens (tertiary/aromatic N) is 4. The monoisotopic (exact) mass is 346 g/mol. The summed E-state index contributed by atoms with van der Waals surface area (Å²) in [6.45, 7) is 2.32. The third-order valence-corrected chi connectivity index (χ3v) is 5.41. The Bertz CT molecular complexity index is 980. The first-order valence-corrected chi connectivity index (χ1v) is 8.79. The molecule has 8 heteroatoms. The van der Waals surface area contributed by atoms with Gasteiger partial charge in [0.2, 0.25) is 10.0 Å². The van der Waals surface area contributed by atoms with Crippen LogP contribution < -0.4 is 4.84 Å². The molecule has 7 nitrogen and oxygen atoms in total. The van der Waals surface area contributed by atoms with Crippen molar-refractivity contribution in [3.05, 3.63) is 53.6 Å². The summed E-state index contributed by atoms with van der Waals surface area (Å²) in [5, 5.41) is 7.93. The van der Waals surface area contributed by atoms with Crippen LogP contribution in [-0.2, 0) is 16.6 Å². The fourth-order valence-electron chi connectivity index (χ4n) is 2.28. The number of hydrogen-bond acceptors (Lipinski definition) is 5. The number of sulfonamides is 1. The Morgan fingerprint density at radius 2 is 1.96 bits per heavy atom. The Hall–Kier alpha value is -2.45. The van der Waals surface area contributed by atoms with E-state index in [1.807, 2.05) is 31.2 Å². The number of rotatable bonds is 5. The first-order valence-electron chi connectivity index (χ1n) is 7.35. The van der Waals surface area contributed by atoms with Gasteiger partial charge in [-0.25, -0.2) is 12.7 Å². The van der Waals surface area contributed by atoms with E-state index >= 15 is 0 Å². The minimum atomic E-state index is -3.53. The molecular weight excluding hydrogens is 328 g/mol. The van der Waals surface area contributed by atoms with Crippen LogP contribution in [-0.4, -0.2) is 42.0 Å². The molecule has 0 atom stereocenters. The molecule has 2 aromatic carbocycles. The van der Waals surface area contributed by atoms with Gasteiger partial charge in [-0.3, -0.25) is 0 Å². The van der Waals surface area contributed by atoms with E-state index in [0.717, 1.165) is 15.4 Å². The van der Waals surface area contributed by atoms with Crippen molar-refractivity contribution in [1.82, 2.24) is 19.5 Å². The van der Waals surface area contributed by atoms with Gasteiger partial charge in [0.25, 0.3) is 0 Å². The fraction of sp³-hybridized carbons (Fsp3) is 0.250. The lowest BCUT2D eigenvalue weighted by Gasteiger charge is -2.11. The molecule has 126 valence electrons. The van der Waals surface area contributed by atoms with Gasteiger partial charge in [0.05, 0.1) is 4.90 Å². The number of hydrogen-bond donors (Lipinski definition) is 0.